The minimum Gasteiger partial charge on any atom is -0.481 e. The monoisotopic (exact) mass is 441 g/mol. The molecule has 162 valence electrons. The number of nitrogens with one attached hydrogen (secondary N) is 1. The topological polar surface area (TPSA) is 103 Å². The standard InChI is InChI=1S/C24H16FN5O3/c1-32-23-17(3-2-10-27-23)20-24(28-12-11-26-20)33-16-7-4-14(5-8-16)21(31)22-29-18-9-6-15(25)13-19(18)30-22/h2-13H,1H3,(H,29,30). The zero-order valence-electron chi connectivity index (χ0n) is 17.3. The fourth-order valence-electron chi connectivity index (χ4n) is 3.33. The number of aromatic amines is 1. The van der Waals surface area contributed by atoms with Gasteiger partial charge in [-0.15, -0.1) is 0 Å². The van der Waals surface area contributed by atoms with E-state index < -0.39 is 5.82 Å². The molecule has 1 N–H and O–H groups in total. The Kier molecular flexibility index (Phi) is 5.19. The quantitative estimate of drug-likeness (QED) is 0.385. The summed E-state index contributed by atoms with van der Waals surface area (Å²) >= 11 is 0. The predicted octanol–water partition coefficient (Wildman–Crippen LogP) is 4.59. The molecule has 3 aromatic heterocycles. The average molecular weight is 441 g/mol. The molecule has 0 spiro atoms. The van der Waals surface area contributed by atoms with Crippen LogP contribution in [0.4, 0.5) is 4.39 Å². The van der Waals surface area contributed by atoms with Crippen LogP contribution in [0.5, 0.6) is 17.5 Å². The van der Waals surface area contributed by atoms with Crippen LogP contribution >= 0.6 is 0 Å². The Morgan fingerprint density at radius 3 is 2.55 bits per heavy atom. The zero-order valence-corrected chi connectivity index (χ0v) is 17.3. The van der Waals surface area contributed by atoms with Crippen LogP contribution in [0.2, 0.25) is 0 Å². The fourth-order valence-corrected chi connectivity index (χ4v) is 3.33. The number of aromatic nitrogens is 5. The molecule has 0 aliphatic heterocycles. The molecule has 33 heavy (non-hydrogen) atoms. The largest absolute Gasteiger partial charge is 0.481 e. The lowest BCUT2D eigenvalue weighted by Gasteiger charge is -2.11. The molecular formula is C24H16FN5O3. The second-order valence-electron chi connectivity index (χ2n) is 6.97. The van der Waals surface area contributed by atoms with Gasteiger partial charge < -0.3 is 14.5 Å². The molecule has 5 aromatic rings. The van der Waals surface area contributed by atoms with E-state index in [0.29, 0.717) is 39.5 Å². The normalized spacial score (nSPS) is 10.8. The van der Waals surface area contributed by atoms with Gasteiger partial charge in [0.15, 0.2) is 5.82 Å². The number of ketones is 1. The molecule has 9 heteroatoms. The first-order valence-corrected chi connectivity index (χ1v) is 9.90. The third kappa shape index (κ3) is 3.99. The van der Waals surface area contributed by atoms with E-state index in [1.807, 2.05) is 6.07 Å². The number of H-pyrrole nitrogens is 1. The maximum absolute atomic E-state index is 13.4. The lowest BCUT2D eigenvalue weighted by atomic mass is 10.1. The van der Waals surface area contributed by atoms with Crippen molar-refractivity contribution in [3.8, 4) is 28.8 Å². The van der Waals surface area contributed by atoms with E-state index in [1.54, 1.807) is 42.7 Å². The smallest absolute Gasteiger partial charge is 0.246 e. The highest BCUT2D eigenvalue weighted by molar-refractivity contribution is 6.08. The van der Waals surface area contributed by atoms with Crippen LogP contribution in [-0.4, -0.2) is 37.8 Å². The number of pyridine rings is 1. The first-order chi connectivity index (χ1) is 16.1. The van der Waals surface area contributed by atoms with Gasteiger partial charge in [0.2, 0.25) is 17.5 Å². The zero-order chi connectivity index (χ0) is 22.8. The highest BCUT2D eigenvalue weighted by Crippen LogP contribution is 2.33. The van der Waals surface area contributed by atoms with Gasteiger partial charge in [-0.1, -0.05) is 0 Å². The van der Waals surface area contributed by atoms with Gasteiger partial charge in [-0.3, -0.25) is 4.79 Å². The molecule has 0 amide bonds. The van der Waals surface area contributed by atoms with E-state index in [2.05, 4.69) is 24.9 Å². The third-order valence-electron chi connectivity index (χ3n) is 4.87. The van der Waals surface area contributed by atoms with E-state index >= 15 is 0 Å². The third-order valence-corrected chi connectivity index (χ3v) is 4.87. The van der Waals surface area contributed by atoms with Crippen molar-refractivity contribution in [1.29, 1.82) is 0 Å². The van der Waals surface area contributed by atoms with E-state index in [-0.39, 0.29) is 17.5 Å². The Morgan fingerprint density at radius 1 is 0.939 bits per heavy atom. The number of hydrogen-bond acceptors (Lipinski definition) is 7. The fraction of sp³-hybridized carbons (Fsp3) is 0.0417. The van der Waals surface area contributed by atoms with Crippen molar-refractivity contribution in [2.24, 2.45) is 0 Å². The van der Waals surface area contributed by atoms with Gasteiger partial charge in [0, 0.05) is 24.2 Å². The summed E-state index contributed by atoms with van der Waals surface area (Å²) in [6.07, 6.45) is 4.69. The van der Waals surface area contributed by atoms with Crippen LogP contribution in [0.1, 0.15) is 16.2 Å². The number of rotatable bonds is 6. The van der Waals surface area contributed by atoms with Crippen LogP contribution in [0.15, 0.2) is 73.2 Å². The molecule has 0 bridgehead atoms. The van der Waals surface area contributed by atoms with Crippen LogP contribution in [-0.2, 0) is 0 Å². The number of methoxy groups -OCH3 is 1. The summed E-state index contributed by atoms with van der Waals surface area (Å²) in [6.45, 7) is 0. The molecule has 3 heterocycles. The summed E-state index contributed by atoms with van der Waals surface area (Å²) in [5.41, 5.74) is 2.48. The van der Waals surface area contributed by atoms with Gasteiger partial charge in [0.25, 0.3) is 0 Å². The minimum absolute atomic E-state index is 0.129. The molecule has 0 unspecified atom stereocenters. The summed E-state index contributed by atoms with van der Waals surface area (Å²) < 4.78 is 24.7. The number of carbonyl (C=O) groups excluding carboxylic acids is 1. The number of hydrogen-bond donors (Lipinski definition) is 1. The Hall–Kier alpha value is -4.66. The number of carbonyl (C=O) groups is 1. The summed E-state index contributed by atoms with van der Waals surface area (Å²) in [5, 5.41) is 0. The number of ether oxygens (including phenoxy) is 2. The maximum atomic E-state index is 13.4. The van der Waals surface area contributed by atoms with Gasteiger partial charge in [0.05, 0.1) is 23.7 Å². The summed E-state index contributed by atoms with van der Waals surface area (Å²) in [6, 6.07) is 14.2. The number of fused-ring (bicyclic) bond motifs is 1. The van der Waals surface area contributed by atoms with Gasteiger partial charge in [-0.05, 0) is 54.6 Å². The number of benzene rings is 2. The molecule has 0 aliphatic rings. The summed E-state index contributed by atoms with van der Waals surface area (Å²) in [4.78, 5) is 32.7. The Balaban J connectivity index is 1.40. The molecule has 0 aliphatic carbocycles. The molecule has 0 saturated carbocycles. The molecule has 8 nitrogen and oxygen atoms in total. The van der Waals surface area contributed by atoms with Crippen molar-refractivity contribution < 1.29 is 18.7 Å². The second kappa shape index (κ2) is 8.46. The van der Waals surface area contributed by atoms with Crippen molar-refractivity contribution in [2.75, 3.05) is 7.11 Å². The van der Waals surface area contributed by atoms with Crippen molar-refractivity contribution in [3.63, 3.8) is 0 Å². The first-order valence-electron chi connectivity index (χ1n) is 9.90. The van der Waals surface area contributed by atoms with E-state index in [9.17, 15) is 9.18 Å². The SMILES string of the molecule is COc1ncccc1-c1nccnc1Oc1ccc(C(=O)c2nc3ccc(F)cc3[nH]2)cc1. The van der Waals surface area contributed by atoms with Crippen LogP contribution in [0, 0.1) is 5.82 Å². The first kappa shape index (κ1) is 20.3. The second-order valence-corrected chi connectivity index (χ2v) is 6.97. The lowest BCUT2D eigenvalue weighted by Crippen LogP contribution is -2.03. The van der Waals surface area contributed by atoms with Gasteiger partial charge >= 0.3 is 0 Å². The van der Waals surface area contributed by atoms with Crippen molar-refractivity contribution in [2.45, 2.75) is 0 Å². The van der Waals surface area contributed by atoms with Crippen molar-refractivity contribution in [3.05, 3.63) is 90.4 Å². The van der Waals surface area contributed by atoms with E-state index in [0.717, 1.165) is 0 Å². The number of halogens is 1. The summed E-state index contributed by atoms with van der Waals surface area (Å²) in [5.74, 6) is 0.529. The van der Waals surface area contributed by atoms with E-state index in [4.69, 9.17) is 9.47 Å². The summed E-state index contributed by atoms with van der Waals surface area (Å²) in [7, 11) is 1.52. The van der Waals surface area contributed by atoms with Gasteiger partial charge in [0.1, 0.15) is 17.3 Å². The molecular weight excluding hydrogens is 425 g/mol. The minimum atomic E-state index is -0.404. The van der Waals surface area contributed by atoms with Crippen LogP contribution < -0.4 is 9.47 Å². The Labute approximate surface area is 187 Å². The maximum Gasteiger partial charge on any atom is 0.246 e. The van der Waals surface area contributed by atoms with Crippen molar-refractivity contribution in [1.82, 2.24) is 24.9 Å². The molecule has 5 rings (SSSR count). The van der Waals surface area contributed by atoms with Gasteiger partial charge in [-0.25, -0.2) is 24.3 Å². The Morgan fingerprint density at radius 2 is 1.73 bits per heavy atom. The lowest BCUT2D eigenvalue weighted by molar-refractivity contribution is 0.103. The number of nitrogens with zero attached hydrogens (tertiary/aromatic N) is 4. The van der Waals surface area contributed by atoms with E-state index in [1.165, 1.54) is 31.5 Å². The molecule has 0 radical (unpaired) electrons. The van der Waals surface area contributed by atoms with Gasteiger partial charge in [-0.2, -0.15) is 0 Å². The Bertz CT molecular complexity index is 1470. The van der Waals surface area contributed by atoms with Crippen LogP contribution in [0.3, 0.4) is 0 Å². The average Bonchev–Trinajstić information content (AvgIpc) is 3.27. The highest BCUT2D eigenvalue weighted by Gasteiger charge is 2.17. The molecule has 0 saturated heterocycles. The number of imidazole rings is 1. The van der Waals surface area contributed by atoms with Crippen molar-refractivity contribution >= 4 is 16.8 Å². The van der Waals surface area contributed by atoms with Crippen LogP contribution in [0.25, 0.3) is 22.3 Å². The molecule has 2 aromatic carbocycles. The molecule has 0 fully saturated rings. The molecule has 0 atom stereocenters. The predicted molar refractivity (Wildman–Crippen MR) is 118 cm³/mol. The highest BCUT2D eigenvalue weighted by atomic mass is 19.1.